The van der Waals surface area contributed by atoms with Gasteiger partial charge in [-0.25, -0.2) is 0 Å². The minimum absolute atomic E-state index is 0. The lowest BCUT2D eigenvalue weighted by Crippen LogP contribution is -2.25. The SMILES string of the molecule is CNCCCC(=O)NC1CC1.Cl. The maximum Gasteiger partial charge on any atom is 0.220 e. The Morgan fingerprint density at radius 2 is 2.17 bits per heavy atom. The molecular formula is C8H17ClN2O. The fourth-order valence-electron chi connectivity index (χ4n) is 0.953. The Labute approximate surface area is 79.7 Å². The number of hydrogen-bond donors (Lipinski definition) is 2. The third-order valence-electron chi connectivity index (χ3n) is 1.77. The quantitative estimate of drug-likeness (QED) is 0.630. The van der Waals surface area contributed by atoms with Gasteiger partial charge in [-0.15, -0.1) is 12.4 Å². The van der Waals surface area contributed by atoms with Crippen LogP contribution >= 0.6 is 12.4 Å². The van der Waals surface area contributed by atoms with E-state index in [0.29, 0.717) is 12.5 Å². The molecule has 3 nitrogen and oxygen atoms in total. The normalized spacial score (nSPS) is 15.1. The zero-order valence-electron chi connectivity index (χ0n) is 7.43. The summed E-state index contributed by atoms with van der Waals surface area (Å²) < 4.78 is 0. The van der Waals surface area contributed by atoms with Gasteiger partial charge in [0.15, 0.2) is 0 Å². The summed E-state index contributed by atoms with van der Waals surface area (Å²) in [6, 6.07) is 0.511. The van der Waals surface area contributed by atoms with Crippen LogP contribution in [0.1, 0.15) is 25.7 Å². The van der Waals surface area contributed by atoms with Crippen LogP contribution in [0.2, 0.25) is 0 Å². The second kappa shape index (κ2) is 6.26. The molecule has 72 valence electrons. The number of rotatable bonds is 5. The third-order valence-corrected chi connectivity index (χ3v) is 1.77. The third kappa shape index (κ3) is 5.38. The Morgan fingerprint density at radius 1 is 1.50 bits per heavy atom. The minimum Gasteiger partial charge on any atom is -0.353 e. The van der Waals surface area contributed by atoms with Gasteiger partial charge in [-0.05, 0) is 32.9 Å². The minimum atomic E-state index is 0. The zero-order chi connectivity index (χ0) is 8.10. The maximum atomic E-state index is 11.0. The highest BCUT2D eigenvalue weighted by atomic mass is 35.5. The predicted octanol–water partition coefficient (Wildman–Crippen LogP) is 0.686. The first kappa shape index (κ1) is 11.7. The molecule has 1 rings (SSSR count). The summed E-state index contributed by atoms with van der Waals surface area (Å²) in [4.78, 5) is 11.0. The van der Waals surface area contributed by atoms with Crippen molar-refractivity contribution < 1.29 is 4.79 Å². The van der Waals surface area contributed by atoms with Crippen molar-refractivity contribution in [1.29, 1.82) is 0 Å². The highest BCUT2D eigenvalue weighted by Crippen LogP contribution is 2.18. The van der Waals surface area contributed by atoms with E-state index in [4.69, 9.17) is 0 Å². The van der Waals surface area contributed by atoms with Gasteiger partial charge < -0.3 is 10.6 Å². The van der Waals surface area contributed by atoms with Crippen molar-refractivity contribution in [2.24, 2.45) is 0 Å². The van der Waals surface area contributed by atoms with Gasteiger partial charge >= 0.3 is 0 Å². The molecule has 1 saturated carbocycles. The molecule has 2 N–H and O–H groups in total. The van der Waals surface area contributed by atoms with E-state index >= 15 is 0 Å². The fraction of sp³-hybridized carbons (Fsp3) is 0.875. The molecule has 0 aromatic heterocycles. The molecule has 1 fully saturated rings. The lowest BCUT2D eigenvalue weighted by molar-refractivity contribution is -0.121. The van der Waals surface area contributed by atoms with E-state index < -0.39 is 0 Å². The predicted molar refractivity (Wildman–Crippen MR) is 51.6 cm³/mol. The van der Waals surface area contributed by atoms with E-state index in [2.05, 4.69) is 10.6 Å². The first-order valence-electron chi connectivity index (χ1n) is 4.27. The van der Waals surface area contributed by atoms with E-state index in [1.807, 2.05) is 7.05 Å². The van der Waals surface area contributed by atoms with Crippen molar-refractivity contribution in [3.63, 3.8) is 0 Å². The summed E-state index contributed by atoms with van der Waals surface area (Å²) in [5.41, 5.74) is 0. The topological polar surface area (TPSA) is 41.1 Å². The summed E-state index contributed by atoms with van der Waals surface area (Å²) in [5.74, 6) is 0.211. The molecule has 0 saturated heterocycles. The van der Waals surface area contributed by atoms with Crippen molar-refractivity contribution in [1.82, 2.24) is 10.6 Å². The van der Waals surface area contributed by atoms with Crippen LogP contribution in [0, 0.1) is 0 Å². The van der Waals surface area contributed by atoms with E-state index in [9.17, 15) is 4.79 Å². The number of halogens is 1. The van der Waals surface area contributed by atoms with Crippen LogP contribution in [-0.2, 0) is 4.79 Å². The van der Waals surface area contributed by atoms with Crippen molar-refractivity contribution in [3.8, 4) is 0 Å². The molecule has 0 aromatic carbocycles. The smallest absolute Gasteiger partial charge is 0.220 e. The molecule has 1 aliphatic carbocycles. The summed E-state index contributed by atoms with van der Waals surface area (Å²) >= 11 is 0. The van der Waals surface area contributed by atoms with Crippen molar-refractivity contribution in [2.45, 2.75) is 31.7 Å². The summed E-state index contributed by atoms with van der Waals surface area (Å²) in [6.45, 7) is 0.929. The van der Waals surface area contributed by atoms with Gasteiger partial charge in [0.1, 0.15) is 0 Å². The van der Waals surface area contributed by atoms with Crippen LogP contribution in [-0.4, -0.2) is 25.5 Å². The zero-order valence-corrected chi connectivity index (χ0v) is 8.25. The van der Waals surface area contributed by atoms with Crippen LogP contribution < -0.4 is 10.6 Å². The monoisotopic (exact) mass is 192 g/mol. The lowest BCUT2D eigenvalue weighted by atomic mass is 10.3. The van der Waals surface area contributed by atoms with Crippen LogP contribution in [0.5, 0.6) is 0 Å². The van der Waals surface area contributed by atoms with E-state index in [1.165, 1.54) is 12.8 Å². The maximum absolute atomic E-state index is 11.0. The number of carbonyl (C=O) groups is 1. The largest absolute Gasteiger partial charge is 0.353 e. The number of amides is 1. The average Bonchev–Trinajstić information content (AvgIpc) is 2.72. The molecule has 0 aliphatic heterocycles. The van der Waals surface area contributed by atoms with Crippen LogP contribution in [0.4, 0.5) is 0 Å². The second-order valence-electron chi connectivity index (χ2n) is 3.05. The Hall–Kier alpha value is -0.280. The number of carbonyl (C=O) groups excluding carboxylic acids is 1. The van der Waals surface area contributed by atoms with E-state index in [0.717, 1.165) is 13.0 Å². The fourth-order valence-corrected chi connectivity index (χ4v) is 0.953. The molecule has 12 heavy (non-hydrogen) atoms. The number of hydrogen-bond acceptors (Lipinski definition) is 2. The van der Waals surface area contributed by atoms with Crippen molar-refractivity contribution in [2.75, 3.05) is 13.6 Å². The van der Waals surface area contributed by atoms with Crippen LogP contribution in [0.15, 0.2) is 0 Å². The highest BCUT2D eigenvalue weighted by Gasteiger charge is 2.22. The van der Waals surface area contributed by atoms with Crippen LogP contribution in [0.25, 0.3) is 0 Å². The standard InChI is InChI=1S/C8H16N2O.ClH/c1-9-6-2-3-8(11)10-7-4-5-7;/h7,9H,2-6H2,1H3,(H,10,11);1H. The first-order valence-corrected chi connectivity index (χ1v) is 4.27. The van der Waals surface area contributed by atoms with Gasteiger partial charge in [0.25, 0.3) is 0 Å². The van der Waals surface area contributed by atoms with Crippen molar-refractivity contribution >= 4 is 18.3 Å². The molecular weight excluding hydrogens is 176 g/mol. The van der Waals surface area contributed by atoms with E-state index in [1.54, 1.807) is 0 Å². The molecule has 1 aliphatic rings. The molecule has 0 heterocycles. The summed E-state index contributed by atoms with van der Waals surface area (Å²) in [5, 5.41) is 5.96. The Balaban J connectivity index is 0.00000121. The highest BCUT2D eigenvalue weighted by molar-refractivity contribution is 5.85. The summed E-state index contributed by atoms with van der Waals surface area (Å²) in [6.07, 6.45) is 3.96. The Kier molecular flexibility index (Phi) is 6.11. The molecule has 0 radical (unpaired) electrons. The van der Waals surface area contributed by atoms with Gasteiger partial charge in [0.05, 0.1) is 0 Å². The molecule has 0 aromatic rings. The molecule has 1 amide bonds. The van der Waals surface area contributed by atoms with Gasteiger partial charge in [-0.1, -0.05) is 0 Å². The van der Waals surface area contributed by atoms with Gasteiger partial charge in [0, 0.05) is 12.5 Å². The number of nitrogens with one attached hydrogen (secondary N) is 2. The second-order valence-corrected chi connectivity index (χ2v) is 3.05. The molecule has 0 spiro atoms. The Morgan fingerprint density at radius 3 is 2.67 bits per heavy atom. The van der Waals surface area contributed by atoms with Crippen LogP contribution in [0.3, 0.4) is 0 Å². The van der Waals surface area contributed by atoms with E-state index in [-0.39, 0.29) is 18.3 Å². The first-order chi connectivity index (χ1) is 5.33. The molecule has 0 atom stereocenters. The van der Waals surface area contributed by atoms with Crippen molar-refractivity contribution in [3.05, 3.63) is 0 Å². The van der Waals surface area contributed by atoms with Gasteiger partial charge in [0.2, 0.25) is 5.91 Å². The Bertz CT molecular complexity index is 137. The molecule has 0 unspecified atom stereocenters. The van der Waals surface area contributed by atoms with Gasteiger partial charge in [-0.3, -0.25) is 4.79 Å². The lowest BCUT2D eigenvalue weighted by Gasteiger charge is -2.01. The summed E-state index contributed by atoms with van der Waals surface area (Å²) in [7, 11) is 1.90. The van der Waals surface area contributed by atoms with Gasteiger partial charge in [-0.2, -0.15) is 0 Å². The molecule has 4 heteroatoms. The molecule has 0 bridgehead atoms. The average molecular weight is 193 g/mol.